The summed E-state index contributed by atoms with van der Waals surface area (Å²) in [5.74, 6) is -0.813. The first-order valence-corrected chi connectivity index (χ1v) is 3.60. The molecule has 0 unspecified atom stereocenters. The number of carbonyl (C=O) groups is 2. The lowest BCUT2D eigenvalue weighted by Crippen LogP contribution is -2.18. The highest BCUT2D eigenvalue weighted by Crippen LogP contribution is 1.77. The molecule has 0 aliphatic rings. The van der Waals surface area contributed by atoms with Crippen LogP contribution in [0.3, 0.4) is 0 Å². The predicted molar refractivity (Wildman–Crippen MR) is 40.3 cm³/mol. The molecule has 4 nitrogen and oxygen atoms in total. The number of nitrogens with one attached hydrogen (secondary N) is 1. The van der Waals surface area contributed by atoms with Crippen molar-refractivity contribution in [1.82, 2.24) is 5.32 Å². The first-order chi connectivity index (χ1) is 4.66. The highest BCUT2D eigenvalue weighted by Gasteiger charge is 1.91. The Morgan fingerprint density at radius 3 is 2.60 bits per heavy atom. The number of amides is 2. The van der Waals surface area contributed by atoms with Crippen molar-refractivity contribution in [2.24, 2.45) is 5.73 Å². The zero-order valence-electron chi connectivity index (χ0n) is 5.13. The van der Waals surface area contributed by atoms with Gasteiger partial charge in [-0.1, -0.05) is 15.9 Å². The fraction of sp³-hybridized carbons (Fsp3) is 0.200. The summed E-state index contributed by atoms with van der Waals surface area (Å²) >= 11 is 2.92. The molecule has 0 aromatic rings. The van der Waals surface area contributed by atoms with E-state index in [0.29, 0.717) is 0 Å². The second-order valence-electron chi connectivity index (χ2n) is 1.44. The molecule has 0 fully saturated rings. The maximum Gasteiger partial charge on any atom is 0.242 e. The molecule has 5 heteroatoms. The highest BCUT2D eigenvalue weighted by molar-refractivity contribution is 9.09. The van der Waals surface area contributed by atoms with Crippen LogP contribution in [0.5, 0.6) is 0 Å². The molecule has 0 atom stereocenters. The third-order valence-corrected chi connectivity index (χ3v) is 1.12. The minimum absolute atomic E-state index is 0.204. The Balaban J connectivity index is 3.53. The zero-order chi connectivity index (χ0) is 7.98. The number of hydrogen-bond acceptors (Lipinski definition) is 2. The molecule has 0 aliphatic heterocycles. The minimum atomic E-state index is -0.588. The number of alkyl halides is 1. The summed E-state index contributed by atoms with van der Waals surface area (Å²) in [5.41, 5.74) is 4.73. The maximum absolute atomic E-state index is 10.4. The summed E-state index contributed by atoms with van der Waals surface area (Å²) in [6, 6.07) is 0. The Labute approximate surface area is 66.6 Å². The van der Waals surface area contributed by atoms with Crippen LogP contribution in [0.25, 0.3) is 0 Å². The number of hydrogen-bond donors (Lipinski definition) is 2. The molecule has 2 amide bonds. The Morgan fingerprint density at radius 2 is 2.20 bits per heavy atom. The number of rotatable bonds is 3. The van der Waals surface area contributed by atoms with Crippen molar-refractivity contribution in [2.45, 2.75) is 0 Å². The fourth-order valence-corrected chi connectivity index (χ4v) is 0.417. The molecule has 56 valence electrons. The molecule has 0 saturated heterocycles. The Hall–Kier alpha value is -0.840. The number of carbonyl (C=O) groups excluding carboxylic acids is 2. The number of primary amides is 1. The number of nitrogens with two attached hydrogens (primary N) is 1. The van der Waals surface area contributed by atoms with Gasteiger partial charge in [-0.15, -0.1) is 0 Å². The van der Waals surface area contributed by atoms with Crippen molar-refractivity contribution in [2.75, 3.05) is 5.33 Å². The lowest BCUT2D eigenvalue weighted by atomic mass is 10.6. The third-order valence-electron chi connectivity index (χ3n) is 0.613. The van der Waals surface area contributed by atoms with Crippen molar-refractivity contribution in [1.29, 1.82) is 0 Å². The van der Waals surface area contributed by atoms with E-state index in [1.165, 1.54) is 6.20 Å². The summed E-state index contributed by atoms with van der Waals surface area (Å²) in [5, 5.41) is 2.50. The van der Waals surface area contributed by atoms with E-state index >= 15 is 0 Å². The van der Waals surface area contributed by atoms with Gasteiger partial charge in [0.25, 0.3) is 0 Å². The van der Waals surface area contributed by atoms with Crippen molar-refractivity contribution in [3.8, 4) is 0 Å². The Kier molecular flexibility index (Phi) is 4.57. The van der Waals surface area contributed by atoms with Gasteiger partial charge in [0.1, 0.15) is 0 Å². The summed E-state index contributed by atoms with van der Waals surface area (Å²) in [6.45, 7) is 0. The molecular weight excluding hydrogens is 200 g/mol. The predicted octanol–water partition coefficient (Wildman–Crippen LogP) is -0.504. The molecule has 0 aromatic heterocycles. The maximum atomic E-state index is 10.4. The van der Waals surface area contributed by atoms with E-state index in [1.54, 1.807) is 0 Å². The largest absolute Gasteiger partial charge is 0.366 e. The van der Waals surface area contributed by atoms with Crippen LogP contribution in [0, 0.1) is 0 Å². The smallest absolute Gasteiger partial charge is 0.242 e. The van der Waals surface area contributed by atoms with Crippen molar-refractivity contribution in [3.05, 3.63) is 12.3 Å². The van der Waals surface area contributed by atoms with Crippen LogP contribution in [0.15, 0.2) is 12.3 Å². The van der Waals surface area contributed by atoms with Crippen molar-refractivity contribution < 1.29 is 9.59 Å². The molecule has 0 aromatic carbocycles. The van der Waals surface area contributed by atoms with Gasteiger partial charge >= 0.3 is 0 Å². The average molecular weight is 207 g/mol. The van der Waals surface area contributed by atoms with Gasteiger partial charge in [-0.3, -0.25) is 9.59 Å². The van der Waals surface area contributed by atoms with E-state index in [0.717, 1.165) is 6.08 Å². The summed E-state index contributed by atoms with van der Waals surface area (Å²) in [7, 11) is 0. The fourth-order valence-electron chi connectivity index (χ4n) is 0.255. The normalized spacial score (nSPS) is 9.70. The van der Waals surface area contributed by atoms with Crippen LogP contribution in [-0.2, 0) is 9.59 Å². The molecule has 0 bridgehead atoms. The van der Waals surface area contributed by atoms with Crippen LogP contribution in [0.2, 0.25) is 0 Å². The first-order valence-electron chi connectivity index (χ1n) is 2.48. The van der Waals surface area contributed by atoms with Gasteiger partial charge in [0.15, 0.2) is 0 Å². The van der Waals surface area contributed by atoms with E-state index < -0.39 is 5.91 Å². The van der Waals surface area contributed by atoms with E-state index in [4.69, 9.17) is 5.73 Å². The molecule has 10 heavy (non-hydrogen) atoms. The van der Waals surface area contributed by atoms with E-state index in [-0.39, 0.29) is 11.2 Å². The van der Waals surface area contributed by atoms with E-state index in [1.807, 2.05) is 0 Å². The standard InChI is InChI=1S/C5H7BrN2O2/c6-3-5(10)8-2-1-4(7)9/h1-2H,3H2,(H2,7,9)(H,8,10). The van der Waals surface area contributed by atoms with Gasteiger partial charge in [-0.05, 0) is 0 Å². The summed E-state index contributed by atoms with van der Waals surface area (Å²) in [6.07, 6.45) is 2.27. The molecule has 0 rings (SSSR count). The summed E-state index contributed by atoms with van der Waals surface area (Å²) in [4.78, 5) is 20.5. The Morgan fingerprint density at radius 1 is 1.60 bits per heavy atom. The second-order valence-corrected chi connectivity index (χ2v) is 2.00. The average Bonchev–Trinajstić information content (AvgIpc) is 1.87. The van der Waals surface area contributed by atoms with Gasteiger partial charge in [0, 0.05) is 12.3 Å². The van der Waals surface area contributed by atoms with Gasteiger partial charge in [0.05, 0.1) is 5.33 Å². The van der Waals surface area contributed by atoms with Crippen molar-refractivity contribution >= 4 is 27.7 Å². The van der Waals surface area contributed by atoms with Gasteiger partial charge in [-0.25, -0.2) is 0 Å². The van der Waals surface area contributed by atoms with Gasteiger partial charge in [0.2, 0.25) is 11.8 Å². The molecule has 0 aliphatic carbocycles. The topological polar surface area (TPSA) is 72.2 Å². The number of halogens is 1. The Bertz CT molecular complexity index is 167. The molecular formula is C5H7BrN2O2. The first kappa shape index (κ1) is 9.16. The molecule has 0 radical (unpaired) electrons. The van der Waals surface area contributed by atoms with Gasteiger partial charge < -0.3 is 11.1 Å². The van der Waals surface area contributed by atoms with Crippen LogP contribution in [-0.4, -0.2) is 17.1 Å². The van der Waals surface area contributed by atoms with Crippen LogP contribution in [0.4, 0.5) is 0 Å². The molecule has 0 saturated carbocycles. The third kappa shape index (κ3) is 5.30. The summed E-state index contributed by atoms with van der Waals surface area (Å²) < 4.78 is 0. The monoisotopic (exact) mass is 206 g/mol. The quantitative estimate of drug-likeness (QED) is 0.483. The zero-order valence-corrected chi connectivity index (χ0v) is 6.72. The lowest BCUT2D eigenvalue weighted by molar-refractivity contribution is -0.117. The second kappa shape index (κ2) is 4.99. The molecule has 0 heterocycles. The van der Waals surface area contributed by atoms with E-state index in [9.17, 15) is 9.59 Å². The molecule has 3 N–H and O–H groups in total. The van der Waals surface area contributed by atoms with Crippen LogP contribution in [0.1, 0.15) is 0 Å². The van der Waals surface area contributed by atoms with E-state index in [2.05, 4.69) is 21.2 Å². The van der Waals surface area contributed by atoms with Crippen molar-refractivity contribution in [3.63, 3.8) is 0 Å². The lowest BCUT2D eigenvalue weighted by Gasteiger charge is -1.90. The molecule has 0 spiro atoms. The SMILES string of the molecule is NC(=O)C=CNC(=O)CBr. The highest BCUT2D eigenvalue weighted by atomic mass is 79.9. The minimum Gasteiger partial charge on any atom is -0.366 e. The van der Waals surface area contributed by atoms with Crippen LogP contribution < -0.4 is 11.1 Å². The van der Waals surface area contributed by atoms with Crippen LogP contribution >= 0.6 is 15.9 Å². The van der Waals surface area contributed by atoms with Gasteiger partial charge in [-0.2, -0.15) is 0 Å².